The van der Waals surface area contributed by atoms with Crippen molar-refractivity contribution in [2.45, 2.75) is 233 Å². The quantitative estimate of drug-likeness (QED) is 0.0502. The number of hydrogen-bond donors (Lipinski definition) is 0. The normalized spacial score (nSPS) is 14.2. The molecule has 50 heavy (non-hydrogen) atoms. The standard InChI is InChI=1S/C46H87O3P/c1-5-9-13-17-21-23-27-32-38-44(36-30-25-19-15-11-7-3)42-48-50(47,46-40-34-29-35-41-46)49-43-45(37-31-26-20-16-12-8-4)39-33-28-24-22-18-14-10-6-2/h29,34-35,40-41,44-45H,5-28,30-33,36-39,42-43H2,1-4H3. The van der Waals surface area contributed by atoms with E-state index in [-0.39, 0.29) is 0 Å². The van der Waals surface area contributed by atoms with Crippen LogP contribution in [0.5, 0.6) is 0 Å². The minimum Gasteiger partial charge on any atom is -0.305 e. The van der Waals surface area contributed by atoms with Gasteiger partial charge in [-0.3, -0.25) is 4.57 Å². The monoisotopic (exact) mass is 719 g/mol. The van der Waals surface area contributed by atoms with Gasteiger partial charge in [0.1, 0.15) is 0 Å². The second-order valence-corrected chi connectivity index (χ2v) is 17.8. The van der Waals surface area contributed by atoms with Gasteiger partial charge in [0.15, 0.2) is 0 Å². The van der Waals surface area contributed by atoms with Gasteiger partial charge < -0.3 is 9.05 Å². The predicted octanol–water partition coefficient (Wildman–Crippen LogP) is 16.3. The summed E-state index contributed by atoms with van der Waals surface area (Å²) in [4.78, 5) is 0. The molecule has 0 spiro atoms. The molecule has 1 aromatic carbocycles. The average molecular weight is 719 g/mol. The van der Waals surface area contributed by atoms with E-state index < -0.39 is 7.60 Å². The van der Waals surface area contributed by atoms with E-state index in [1.807, 2.05) is 30.3 Å². The largest absolute Gasteiger partial charge is 0.361 e. The molecule has 0 heterocycles. The van der Waals surface area contributed by atoms with Crippen molar-refractivity contribution in [2.24, 2.45) is 11.8 Å². The molecule has 0 radical (unpaired) electrons. The van der Waals surface area contributed by atoms with E-state index in [1.165, 1.54) is 205 Å². The second-order valence-electron chi connectivity index (χ2n) is 15.8. The molecule has 0 aliphatic carbocycles. The van der Waals surface area contributed by atoms with Gasteiger partial charge in [0.05, 0.1) is 18.5 Å². The lowest BCUT2D eigenvalue weighted by Gasteiger charge is -2.25. The minimum absolute atomic E-state index is 0.457. The van der Waals surface area contributed by atoms with Crippen LogP contribution in [0, 0.1) is 11.8 Å². The van der Waals surface area contributed by atoms with Crippen molar-refractivity contribution in [1.82, 2.24) is 0 Å². The Morgan fingerprint density at radius 2 is 0.660 bits per heavy atom. The van der Waals surface area contributed by atoms with Crippen molar-refractivity contribution in [3.05, 3.63) is 30.3 Å². The molecular weight excluding hydrogens is 631 g/mol. The van der Waals surface area contributed by atoms with E-state index in [4.69, 9.17) is 9.05 Å². The molecule has 0 aromatic heterocycles. The van der Waals surface area contributed by atoms with Gasteiger partial charge >= 0.3 is 7.60 Å². The Labute approximate surface area is 314 Å². The number of rotatable bonds is 39. The Balaban J connectivity index is 2.83. The third-order valence-corrected chi connectivity index (χ3v) is 12.8. The van der Waals surface area contributed by atoms with Crippen molar-refractivity contribution in [1.29, 1.82) is 0 Å². The van der Waals surface area contributed by atoms with Gasteiger partial charge in [-0.2, -0.15) is 0 Å². The van der Waals surface area contributed by atoms with Gasteiger partial charge in [0, 0.05) is 0 Å². The number of benzene rings is 1. The Morgan fingerprint density at radius 1 is 0.400 bits per heavy atom. The zero-order chi connectivity index (χ0) is 36.2. The third-order valence-electron chi connectivity index (χ3n) is 10.9. The molecule has 0 amide bonds. The molecule has 4 heteroatoms. The highest BCUT2D eigenvalue weighted by Crippen LogP contribution is 2.48. The van der Waals surface area contributed by atoms with Crippen LogP contribution in [0.15, 0.2) is 30.3 Å². The zero-order valence-corrected chi connectivity index (χ0v) is 35.1. The van der Waals surface area contributed by atoms with Crippen LogP contribution >= 0.6 is 7.60 Å². The van der Waals surface area contributed by atoms with Gasteiger partial charge in [-0.1, -0.05) is 226 Å². The lowest BCUT2D eigenvalue weighted by Crippen LogP contribution is -2.18. The Kier molecular flexibility index (Phi) is 33.6. The topological polar surface area (TPSA) is 35.5 Å². The summed E-state index contributed by atoms with van der Waals surface area (Å²) in [5, 5.41) is 0.732. The summed E-state index contributed by atoms with van der Waals surface area (Å²) in [5.74, 6) is 0.913. The van der Waals surface area contributed by atoms with Crippen LogP contribution in [0.2, 0.25) is 0 Å². The molecule has 0 saturated heterocycles. The van der Waals surface area contributed by atoms with Crippen LogP contribution in [0.3, 0.4) is 0 Å². The van der Waals surface area contributed by atoms with Crippen LogP contribution < -0.4 is 5.30 Å². The first-order valence-corrected chi connectivity index (χ1v) is 24.1. The van der Waals surface area contributed by atoms with Crippen LogP contribution in [-0.4, -0.2) is 13.2 Å². The molecule has 294 valence electrons. The van der Waals surface area contributed by atoms with Crippen molar-refractivity contribution >= 4 is 12.9 Å². The molecule has 1 rings (SSSR count). The van der Waals surface area contributed by atoms with Crippen molar-refractivity contribution in [3.63, 3.8) is 0 Å². The molecule has 0 saturated carbocycles. The molecular formula is C46H87O3P. The van der Waals surface area contributed by atoms with E-state index in [9.17, 15) is 4.57 Å². The van der Waals surface area contributed by atoms with Gasteiger partial charge in [-0.15, -0.1) is 0 Å². The molecule has 1 aromatic rings. The number of hydrogen-bond acceptors (Lipinski definition) is 3. The van der Waals surface area contributed by atoms with Crippen LogP contribution in [0.25, 0.3) is 0 Å². The molecule has 2 atom stereocenters. The highest BCUT2D eigenvalue weighted by atomic mass is 31.2. The lowest BCUT2D eigenvalue weighted by atomic mass is 9.95. The Bertz CT molecular complexity index is 810. The van der Waals surface area contributed by atoms with Crippen LogP contribution in [-0.2, 0) is 13.6 Å². The third kappa shape index (κ3) is 27.0. The zero-order valence-electron chi connectivity index (χ0n) is 34.3. The summed E-state index contributed by atoms with van der Waals surface area (Å²) < 4.78 is 27.8. The maximum atomic E-state index is 14.7. The predicted molar refractivity (Wildman–Crippen MR) is 223 cm³/mol. The van der Waals surface area contributed by atoms with Crippen molar-refractivity contribution < 1.29 is 13.6 Å². The van der Waals surface area contributed by atoms with Crippen molar-refractivity contribution in [3.8, 4) is 0 Å². The fourth-order valence-corrected chi connectivity index (χ4v) is 9.11. The average Bonchev–Trinajstić information content (AvgIpc) is 3.14. The molecule has 0 aliphatic heterocycles. The summed E-state index contributed by atoms with van der Waals surface area (Å²) in [6.07, 6.45) is 42.0. The maximum Gasteiger partial charge on any atom is 0.361 e. The van der Waals surface area contributed by atoms with Crippen LogP contribution in [0.1, 0.15) is 233 Å². The first kappa shape index (κ1) is 47.4. The first-order valence-electron chi connectivity index (χ1n) is 22.5. The summed E-state index contributed by atoms with van der Waals surface area (Å²) in [6.45, 7) is 10.3. The Morgan fingerprint density at radius 3 is 0.940 bits per heavy atom. The van der Waals surface area contributed by atoms with Crippen LogP contribution in [0.4, 0.5) is 0 Å². The summed E-state index contributed by atoms with van der Waals surface area (Å²) in [6, 6.07) is 9.89. The van der Waals surface area contributed by atoms with Crippen molar-refractivity contribution in [2.75, 3.05) is 13.2 Å². The van der Waals surface area contributed by atoms with E-state index in [0.29, 0.717) is 25.0 Å². The molecule has 0 bridgehead atoms. The van der Waals surface area contributed by atoms with E-state index in [2.05, 4.69) is 27.7 Å². The molecule has 0 fully saturated rings. The SMILES string of the molecule is CCCCCCCCCCC(CCCCCCCC)COP(=O)(OCC(CCCCCCCC)CCCCCCCCCC)c1ccccc1. The lowest BCUT2D eigenvalue weighted by molar-refractivity contribution is 0.152. The summed E-state index contributed by atoms with van der Waals surface area (Å²) in [7, 11) is -3.41. The van der Waals surface area contributed by atoms with Gasteiger partial charge in [-0.25, -0.2) is 0 Å². The Hall–Kier alpha value is -0.630. The molecule has 0 aliphatic rings. The molecule has 3 nitrogen and oxygen atoms in total. The molecule has 2 unspecified atom stereocenters. The van der Waals surface area contributed by atoms with E-state index in [1.54, 1.807) is 0 Å². The van der Waals surface area contributed by atoms with Gasteiger partial charge in [0.2, 0.25) is 0 Å². The fraction of sp³-hybridized carbons (Fsp3) is 0.870. The second kappa shape index (κ2) is 35.4. The fourth-order valence-electron chi connectivity index (χ4n) is 7.39. The smallest absolute Gasteiger partial charge is 0.305 e. The minimum atomic E-state index is -3.41. The number of unbranched alkanes of at least 4 members (excludes halogenated alkanes) is 24. The maximum absolute atomic E-state index is 14.7. The van der Waals surface area contributed by atoms with E-state index in [0.717, 1.165) is 5.30 Å². The van der Waals surface area contributed by atoms with Gasteiger partial charge in [0.25, 0.3) is 0 Å². The highest BCUT2D eigenvalue weighted by molar-refractivity contribution is 7.62. The van der Waals surface area contributed by atoms with E-state index >= 15 is 0 Å². The van der Waals surface area contributed by atoms with Gasteiger partial charge in [-0.05, 0) is 49.7 Å². The molecule has 0 N–H and O–H groups in total. The summed E-state index contributed by atoms with van der Waals surface area (Å²) >= 11 is 0. The highest BCUT2D eigenvalue weighted by Gasteiger charge is 2.30. The summed E-state index contributed by atoms with van der Waals surface area (Å²) in [5.41, 5.74) is 0. The first-order chi connectivity index (χ1) is 24.6.